The normalized spacial score (nSPS) is 15.1. The fourth-order valence-electron chi connectivity index (χ4n) is 0.150. The van der Waals surface area contributed by atoms with E-state index in [9.17, 15) is 21.0 Å². The van der Waals surface area contributed by atoms with Gasteiger partial charge in [-0.1, -0.05) is 21.7 Å². The van der Waals surface area contributed by atoms with E-state index >= 15 is 0 Å². The second kappa shape index (κ2) is 5.75. The van der Waals surface area contributed by atoms with E-state index < -0.39 is 32.2 Å². The van der Waals surface area contributed by atoms with E-state index in [4.69, 9.17) is 9.81 Å². The molecule has 15 heteroatoms. The molecule has 2 N–H and O–H groups in total. The Balaban J connectivity index is 4.23. The lowest BCUT2D eigenvalue weighted by molar-refractivity contribution is -0.196. The Morgan fingerprint density at radius 1 is 0.933 bits per heavy atom. The van der Waals surface area contributed by atoms with Crippen molar-refractivity contribution in [3.05, 3.63) is 0 Å². The quantitative estimate of drug-likeness (QED) is 0.300. The van der Waals surface area contributed by atoms with Gasteiger partial charge in [-0.2, -0.15) is 21.0 Å². The molecule has 0 amide bonds. The van der Waals surface area contributed by atoms with Crippen molar-refractivity contribution in [3.63, 3.8) is 0 Å². The van der Waals surface area contributed by atoms with E-state index in [1.807, 2.05) is 0 Å². The summed E-state index contributed by atoms with van der Waals surface area (Å²) in [5.74, 6) is 0. The van der Waals surface area contributed by atoms with Crippen molar-refractivity contribution in [2.24, 2.45) is 0 Å². The molecule has 12 nitrogen and oxygen atoms in total. The van der Waals surface area contributed by atoms with Crippen LogP contribution in [0, 0.1) is 0 Å². The average molecular weight is 290 g/mol. The van der Waals surface area contributed by atoms with Crippen molar-refractivity contribution < 1.29 is 52.5 Å². The van der Waals surface area contributed by atoms with Gasteiger partial charge < -0.3 is 0 Å². The molecule has 0 saturated carbocycles. The van der Waals surface area contributed by atoms with Crippen LogP contribution < -0.4 is 0 Å². The molecule has 0 bridgehead atoms. The molecule has 92 valence electrons. The Morgan fingerprint density at radius 2 is 1.40 bits per heavy atom. The fourth-order valence-corrected chi connectivity index (χ4v) is 1.20. The summed E-state index contributed by atoms with van der Waals surface area (Å²) in [5.41, 5.74) is 0. The Kier molecular flexibility index (Phi) is 5.66. The monoisotopic (exact) mass is 290 g/mol. The third-order valence-electron chi connectivity index (χ3n) is 0.455. The number of hydrogen-bond donors (Lipinski definition) is 2. The van der Waals surface area contributed by atoms with E-state index in [0.717, 1.165) is 0 Å². The van der Waals surface area contributed by atoms with Crippen LogP contribution in [-0.4, -0.2) is 30.9 Å². The molecule has 1 unspecified atom stereocenters. The Hall–Kier alpha value is -0.230. The smallest absolute Gasteiger partial charge is 0.282 e. The van der Waals surface area contributed by atoms with Crippen molar-refractivity contribution in [3.8, 4) is 0 Å². The van der Waals surface area contributed by atoms with Gasteiger partial charge in [0.05, 0.1) is 0 Å². The van der Waals surface area contributed by atoms with Crippen molar-refractivity contribution >= 4 is 32.2 Å². The van der Waals surface area contributed by atoms with Gasteiger partial charge >= 0.3 is 32.2 Å². The van der Waals surface area contributed by atoms with Crippen molar-refractivity contribution in [2.75, 3.05) is 0 Å². The summed E-state index contributed by atoms with van der Waals surface area (Å²) in [6.45, 7) is 0. The molecule has 0 spiro atoms. The predicted octanol–water partition coefficient (Wildman–Crippen LogP) is -2.00. The molecule has 0 saturated heterocycles. The van der Waals surface area contributed by atoms with Crippen molar-refractivity contribution in [2.45, 2.75) is 0 Å². The van der Waals surface area contributed by atoms with Gasteiger partial charge in [0, 0.05) is 0 Å². The lowest BCUT2D eigenvalue weighted by atomic mass is 14.9. The third-order valence-corrected chi connectivity index (χ3v) is 1.70. The highest BCUT2D eigenvalue weighted by Crippen LogP contribution is 2.03. The SMILES string of the molecule is O=S(O)OOS(=O)(=O)OOS(=O)(=O)OO. The van der Waals surface area contributed by atoms with Gasteiger partial charge in [0.15, 0.2) is 0 Å². The highest BCUT2D eigenvalue weighted by Gasteiger charge is 2.23. The molecule has 15 heavy (non-hydrogen) atoms. The summed E-state index contributed by atoms with van der Waals surface area (Å²) in [6, 6.07) is 0. The van der Waals surface area contributed by atoms with Gasteiger partial charge in [-0.25, -0.2) is 5.26 Å². The van der Waals surface area contributed by atoms with Crippen LogP contribution >= 0.6 is 0 Å². The Labute approximate surface area is 85.2 Å². The molecule has 0 aromatic carbocycles. The van der Waals surface area contributed by atoms with Crippen LogP contribution in [0.5, 0.6) is 0 Å². The number of rotatable bonds is 7. The van der Waals surface area contributed by atoms with E-state index in [0.29, 0.717) is 0 Å². The lowest BCUT2D eigenvalue weighted by Gasteiger charge is -1.99. The molecule has 0 rings (SSSR count). The van der Waals surface area contributed by atoms with Gasteiger partial charge in [-0.3, -0.25) is 4.55 Å². The van der Waals surface area contributed by atoms with Crippen molar-refractivity contribution in [1.82, 2.24) is 0 Å². The summed E-state index contributed by atoms with van der Waals surface area (Å²) in [5, 5.41) is 7.56. The fraction of sp³-hybridized carbons (Fsp3) is 0. The first kappa shape index (κ1) is 14.8. The average Bonchev–Trinajstić information content (AvgIpc) is 2.13. The molecular weight excluding hydrogens is 288 g/mol. The van der Waals surface area contributed by atoms with Gasteiger partial charge in [0.2, 0.25) is 0 Å². The highest BCUT2D eigenvalue weighted by atomic mass is 32.3. The lowest BCUT2D eigenvalue weighted by Crippen LogP contribution is -2.16. The predicted molar refractivity (Wildman–Crippen MR) is 36.7 cm³/mol. The van der Waals surface area contributed by atoms with Crippen LogP contribution in [0.3, 0.4) is 0 Å². The summed E-state index contributed by atoms with van der Waals surface area (Å²) in [7, 11) is -10.3. The van der Waals surface area contributed by atoms with Crippen LogP contribution in [0.15, 0.2) is 0 Å². The topological polar surface area (TPSA) is 172 Å². The summed E-state index contributed by atoms with van der Waals surface area (Å²) in [4.78, 5) is 0. The summed E-state index contributed by atoms with van der Waals surface area (Å²) in [6.07, 6.45) is 0. The molecule has 0 fully saturated rings. The molecule has 0 heterocycles. The third kappa shape index (κ3) is 7.67. The summed E-state index contributed by atoms with van der Waals surface area (Å²) < 4.78 is 73.4. The zero-order valence-electron chi connectivity index (χ0n) is 6.20. The molecular formula is H2O12S3. The van der Waals surface area contributed by atoms with Crippen LogP contribution in [0.4, 0.5) is 0 Å². The molecule has 0 aliphatic carbocycles. The molecule has 0 aromatic heterocycles. The largest absolute Gasteiger partial charge is 0.455 e. The molecule has 0 aliphatic rings. The van der Waals surface area contributed by atoms with Crippen LogP contribution in [-0.2, 0) is 53.8 Å². The van der Waals surface area contributed by atoms with Crippen LogP contribution in [0.2, 0.25) is 0 Å². The zero-order chi connectivity index (χ0) is 12.1. The minimum absolute atomic E-state index is 2.61. The zero-order valence-corrected chi connectivity index (χ0v) is 8.65. The Bertz CT molecular complexity index is 394. The van der Waals surface area contributed by atoms with Crippen LogP contribution in [0.25, 0.3) is 0 Å². The maximum atomic E-state index is 10.4. The van der Waals surface area contributed by atoms with Gasteiger partial charge in [-0.15, -0.1) is 0 Å². The van der Waals surface area contributed by atoms with Crippen molar-refractivity contribution in [1.29, 1.82) is 0 Å². The van der Waals surface area contributed by atoms with Crippen LogP contribution in [0.1, 0.15) is 0 Å². The second-order valence-electron chi connectivity index (χ2n) is 1.38. The maximum Gasteiger partial charge on any atom is 0.455 e. The molecule has 0 aliphatic heterocycles. The minimum atomic E-state index is -5.19. The van der Waals surface area contributed by atoms with E-state index in [-0.39, 0.29) is 0 Å². The van der Waals surface area contributed by atoms with Gasteiger partial charge in [0.1, 0.15) is 0 Å². The first-order valence-corrected chi connectivity index (χ1v) is 6.06. The molecule has 1 atom stereocenters. The second-order valence-corrected chi connectivity index (χ2v) is 4.14. The van der Waals surface area contributed by atoms with E-state index in [1.165, 1.54) is 0 Å². The molecule has 0 radical (unpaired) electrons. The summed E-state index contributed by atoms with van der Waals surface area (Å²) >= 11 is -3.11. The van der Waals surface area contributed by atoms with E-state index in [2.05, 4.69) is 21.7 Å². The Morgan fingerprint density at radius 3 is 1.80 bits per heavy atom. The maximum absolute atomic E-state index is 10.4. The van der Waals surface area contributed by atoms with E-state index in [1.54, 1.807) is 0 Å². The molecule has 0 aromatic rings. The first-order valence-electron chi connectivity index (χ1n) is 2.37. The number of hydrogen-bond acceptors (Lipinski definition) is 11. The van der Waals surface area contributed by atoms with Gasteiger partial charge in [0.25, 0.3) is 0 Å². The van der Waals surface area contributed by atoms with Gasteiger partial charge in [-0.05, 0) is 0 Å². The minimum Gasteiger partial charge on any atom is -0.282 e. The first-order chi connectivity index (χ1) is 6.68. The highest BCUT2D eigenvalue weighted by molar-refractivity contribution is 7.84. The standard InChI is InChI=1S/H2O12S3/c1-8-14(4,5)11-12-15(6,7)10-9-13(2)3/h1H,(H,2,3).